The molecule has 0 bridgehead atoms. The van der Waals surface area contributed by atoms with Crippen molar-refractivity contribution in [2.24, 2.45) is 20.2 Å². The second-order valence-electron chi connectivity index (χ2n) is 8.98. The highest BCUT2D eigenvalue weighted by Crippen LogP contribution is 2.30. The van der Waals surface area contributed by atoms with Gasteiger partial charge in [0, 0.05) is 44.7 Å². The monoisotopic (exact) mass is 545 g/mol. The van der Waals surface area contributed by atoms with Crippen LogP contribution >= 0.6 is 11.6 Å². The minimum atomic E-state index is -3.98. The Bertz CT molecular complexity index is 1220. The highest BCUT2D eigenvalue weighted by atomic mass is 35.5. The van der Waals surface area contributed by atoms with Crippen molar-refractivity contribution < 1.29 is 8.42 Å². The van der Waals surface area contributed by atoms with Crippen molar-refractivity contribution in [3.63, 3.8) is 0 Å². The topological polar surface area (TPSA) is 107 Å². The van der Waals surface area contributed by atoms with E-state index in [1.165, 1.54) is 19.1 Å². The van der Waals surface area contributed by atoms with Gasteiger partial charge in [-0.1, -0.05) is 67.9 Å². The Morgan fingerprint density at radius 1 is 1.08 bits per heavy atom. The first-order valence-electron chi connectivity index (χ1n) is 12.4. The molecule has 0 fully saturated rings. The second kappa shape index (κ2) is 13.0. The highest BCUT2D eigenvalue weighted by molar-refractivity contribution is 7.87. The van der Waals surface area contributed by atoms with E-state index in [9.17, 15) is 8.42 Å². The number of hydrogen-bond acceptors (Lipinski definition) is 3. The molecule has 1 unspecified atom stereocenters. The smallest absolute Gasteiger partial charge is 0.325 e. The van der Waals surface area contributed by atoms with E-state index in [1.807, 2.05) is 47.4 Å². The molecule has 0 saturated heterocycles. The van der Waals surface area contributed by atoms with Crippen molar-refractivity contribution in [1.82, 2.24) is 14.2 Å². The lowest BCUT2D eigenvalue weighted by Crippen LogP contribution is -2.42. The number of hydrogen-bond donors (Lipinski definition) is 1. The molecule has 2 aromatic rings. The Balaban J connectivity index is 2.14. The molecule has 11 heteroatoms. The molecule has 9 nitrogen and oxygen atoms in total. The Morgan fingerprint density at radius 3 is 2.27 bits per heavy atom. The number of benzene rings is 2. The van der Waals surface area contributed by atoms with Crippen molar-refractivity contribution in [3.8, 4) is 0 Å². The molecular formula is C26H36ClN7O2S. The zero-order valence-electron chi connectivity index (χ0n) is 21.9. The molecule has 0 aromatic heterocycles. The maximum absolute atomic E-state index is 12.8. The van der Waals surface area contributed by atoms with Gasteiger partial charge in [-0.25, -0.2) is 5.01 Å². The van der Waals surface area contributed by atoms with Gasteiger partial charge in [0.1, 0.15) is 0 Å². The van der Waals surface area contributed by atoms with Gasteiger partial charge in [-0.3, -0.25) is 0 Å². The van der Waals surface area contributed by atoms with Crippen molar-refractivity contribution in [3.05, 3.63) is 70.7 Å². The summed E-state index contributed by atoms with van der Waals surface area (Å²) in [6, 6.07) is 17.6. The zero-order valence-corrected chi connectivity index (χ0v) is 23.5. The van der Waals surface area contributed by atoms with Crippen LogP contribution in [0.5, 0.6) is 0 Å². The summed E-state index contributed by atoms with van der Waals surface area (Å²) in [6.45, 7) is 5.92. The standard InChI is InChI=1S/C26H36ClN7O2S/c1-5-17-33(18-6-2)25(28)29-26(31-37(35,36)32(3)4)34-19-16-23(20-10-8-7-9-11-20)24(30-34)21-12-14-22(27)15-13-21/h7-15,23H,5-6,16-19H2,1-4H3,(H2,28,29,31). The highest BCUT2D eigenvalue weighted by Gasteiger charge is 2.29. The van der Waals surface area contributed by atoms with Crippen LogP contribution < -0.4 is 5.73 Å². The summed E-state index contributed by atoms with van der Waals surface area (Å²) < 4.78 is 30.6. The molecule has 0 saturated carbocycles. The predicted molar refractivity (Wildman–Crippen MR) is 152 cm³/mol. The summed E-state index contributed by atoms with van der Waals surface area (Å²) in [7, 11) is -1.14. The lowest BCUT2D eigenvalue weighted by atomic mass is 9.86. The third kappa shape index (κ3) is 7.53. The lowest BCUT2D eigenvalue weighted by molar-refractivity contribution is 0.393. The number of hydrazone groups is 1. The first-order chi connectivity index (χ1) is 17.7. The van der Waals surface area contributed by atoms with E-state index in [0.29, 0.717) is 31.1 Å². The number of halogens is 1. The molecule has 1 aliphatic rings. The SMILES string of the molecule is CCCN(CCC)/C(N)=N/C(=N\S(=O)(=O)N(C)C)N1CCC(c2ccccc2)C(c2ccc(Cl)cc2)=N1. The first-order valence-corrected chi connectivity index (χ1v) is 14.2. The van der Waals surface area contributed by atoms with Gasteiger partial charge in [0.05, 0.1) is 5.71 Å². The zero-order chi connectivity index (χ0) is 27.0. The van der Waals surface area contributed by atoms with Gasteiger partial charge in [-0.05, 0) is 42.5 Å². The van der Waals surface area contributed by atoms with Crippen LogP contribution in [0.3, 0.4) is 0 Å². The Hall–Kier alpha value is -2.95. The van der Waals surface area contributed by atoms with E-state index in [1.54, 1.807) is 0 Å². The largest absolute Gasteiger partial charge is 0.369 e. The fraction of sp³-hybridized carbons (Fsp3) is 0.423. The fourth-order valence-electron chi connectivity index (χ4n) is 4.04. The normalized spacial score (nSPS) is 17.2. The van der Waals surface area contributed by atoms with Crippen molar-refractivity contribution in [2.75, 3.05) is 33.7 Å². The van der Waals surface area contributed by atoms with E-state index in [0.717, 1.165) is 34.0 Å². The molecule has 0 spiro atoms. The van der Waals surface area contributed by atoms with Gasteiger partial charge in [-0.15, -0.1) is 4.40 Å². The summed E-state index contributed by atoms with van der Waals surface area (Å²) >= 11 is 6.15. The molecule has 37 heavy (non-hydrogen) atoms. The average molecular weight is 546 g/mol. The van der Waals surface area contributed by atoms with Gasteiger partial charge in [0.2, 0.25) is 0 Å². The molecule has 1 atom stereocenters. The Morgan fingerprint density at radius 2 is 1.70 bits per heavy atom. The number of nitrogens with zero attached hydrogens (tertiary/aromatic N) is 6. The van der Waals surface area contributed by atoms with Gasteiger partial charge in [0.25, 0.3) is 5.96 Å². The van der Waals surface area contributed by atoms with Gasteiger partial charge < -0.3 is 10.6 Å². The van der Waals surface area contributed by atoms with Crippen LogP contribution in [0.15, 0.2) is 69.1 Å². The van der Waals surface area contributed by atoms with E-state index >= 15 is 0 Å². The Kier molecular flexibility index (Phi) is 10.1. The summed E-state index contributed by atoms with van der Waals surface area (Å²) in [4.78, 5) is 6.44. The maximum atomic E-state index is 12.8. The summed E-state index contributed by atoms with van der Waals surface area (Å²) in [5.41, 5.74) is 9.15. The van der Waals surface area contributed by atoms with Crippen LogP contribution in [-0.2, 0) is 10.2 Å². The molecule has 3 rings (SSSR count). The third-order valence-electron chi connectivity index (χ3n) is 5.94. The molecule has 1 heterocycles. The van der Waals surface area contributed by atoms with E-state index in [-0.39, 0.29) is 17.8 Å². The van der Waals surface area contributed by atoms with Crippen LogP contribution in [0.25, 0.3) is 0 Å². The Labute approximate surface area is 225 Å². The van der Waals surface area contributed by atoms with Crippen LogP contribution in [-0.4, -0.2) is 74.0 Å². The summed E-state index contributed by atoms with van der Waals surface area (Å²) in [6.07, 6.45) is 2.43. The molecule has 2 aromatic carbocycles. The predicted octanol–water partition coefficient (Wildman–Crippen LogP) is 4.13. The molecule has 0 aliphatic carbocycles. The van der Waals surface area contributed by atoms with Crippen LogP contribution in [0.2, 0.25) is 5.02 Å². The molecule has 1 aliphatic heterocycles. The first kappa shape index (κ1) is 28.6. The maximum Gasteiger partial charge on any atom is 0.325 e. The van der Waals surface area contributed by atoms with Crippen LogP contribution in [0, 0.1) is 0 Å². The van der Waals surface area contributed by atoms with Crippen molar-refractivity contribution >= 4 is 39.4 Å². The van der Waals surface area contributed by atoms with E-state index in [2.05, 4.69) is 35.4 Å². The minimum absolute atomic E-state index is 0.00309. The van der Waals surface area contributed by atoms with Crippen LogP contribution in [0.1, 0.15) is 50.2 Å². The van der Waals surface area contributed by atoms with Gasteiger partial charge in [-0.2, -0.15) is 22.8 Å². The third-order valence-corrected chi connectivity index (χ3v) is 7.51. The molecule has 0 radical (unpaired) electrons. The molecule has 0 amide bonds. The van der Waals surface area contributed by atoms with E-state index < -0.39 is 10.2 Å². The second-order valence-corrected chi connectivity index (χ2v) is 11.2. The minimum Gasteiger partial charge on any atom is -0.369 e. The summed E-state index contributed by atoms with van der Waals surface area (Å²) in [5, 5.41) is 7.06. The molecular weight excluding hydrogens is 510 g/mol. The number of nitrogens with two attached hydrogens (primary N) is 1. The summed E-state index contributed by atoms with van der Waals surface area (Å²) in [5.74, 6) is 0.148. The van der Waals surface area contributed by atoms with Crippen molar-refractivity contribution in [1.29, 1.82) is 0 Å². The lowest BCUT2D eigenvalue weighted by Gasteiger charge is -2.31. The van der Waals surface area contributed by atoms with Crippen molar-refractivity contribution in [2.45, 2.75) is 39.0 Å². The number of aliphatic imine (C=N–C) groups is 1. The molecule has 200 valence electrons. The van der Waals surface area contributed by atoms with Gasteiger partial charge in [0.15, 0.2) is 5.96 Å². The number of rotatable bonds is 8. The van der Waals surface area contributed by atoms with E-state index in [4.69, 9.17) is 22.4 Å². The fourth-order valence-corrected chi connectivity index (χ4v) is 4.67. The average Bonchev–Trinajstić information content (AvgIpc) is 2.88. The number of guanidine groups is 2. The van der Waals surface area contributed by atoms with Gasteiger partial charge >= 0.3 is 10.2 Å². The quantitative estimate of drug-likeness (QED) is 0.396. The molecule has 2 N–H and O–H groups in total. The van der Waals surface area contributed by atoms with Crippen LogP contribution in [0.4, 0.5) is 0 Å².